The van der Waals surface area contributed by atoms with Crippen molar-refractivity contribution in [3.63, 3.8) is 0 Å². The summed E-state index contributed by atoms with van der Waals surface area (Å²) in [4.78, 5) is 4.76. The van der Waals surface area contributed by atoms with E-state index in [4.69, 9.17) is 4.99 Å². The SMILES string of the molecule is C=C/C(=N\C(C)=C(CC)CC)C(CC)CC. The molecule has 0 bridgehead atoms. The Labute approximate surface area is 101 Å². The second-order valence-electron chi connectivity index (χ2n) is 4.15. The monoisotopic (exact) mass is 221 g/mol. The molecular weight excluding hydrogens is 194 g/mol. The van der Waals surface area contributed by atoms with Crippen molar-refractivity contribution >= 4 is 5.71 Å². The van der Waals surface area contributed by atoms with Gasteiger partial charge in [0, 0.05) is 17.3 Å². The number of hydrogen-bond acceptors (Lipinski definition) is 1. The highest BCUT2D eigenvalue weighted by atomic mass is 14.8. The van der Waals surface area contributed by atoms with E-state index >= 15 is 0 Å². The summed E-state index contributed by atoms with van der Waals surface area (Å²) >= 11 is 0. The van der Waals surface area contributed by atoms with Crippen LogP contribution in [0.15, 0.2) is 28.9 Å². The van der Waals surface area contributed by atoms with Gasteiger partial charge >= 0.3 is 0 Å². The van der Waals surface area contributed by atoms with Crippen LogP contribution in [0, 0.1) is 5.92 Å². The minimum absolute atomic E-state index is 0.558. The molecule has 92 valence electrons. The summed E-state index contributed by atoms with van der Waals surface area (Å²) in [6, 6.07) is 0. The fourth-order valence-electron chi connectivity index (χ4n) is 2.04. The van der Waals surface area contributed by atoms with E-state index < -0.39 is 0 Å². The third kappa shape index (κ3) is 4.34. The predicted molar refractivity (Wildman–Crippen MR) is 75.0 cm³/mol. The third-order valence-electron chi connectivity index (χ3n) is 3.28. The molecule has 1 heteroatoms. The first kappa shape index (κ1) is 15.2. The lowest BCUT2D eigenvalue weighted by Crippen LogP contribution is -2.10. The van der Waals surface area contributed by atoms with E-state index in [-0.39, 0.29) is 0 Å². The van der Waals surface area contributed by atoms with E-state index in [0.29, 0.717) is 5.92 Å². The zero-order valence-electron chi connectivity index (χ0n) is 11.6. The molecular formula is C15H27N. The van der Waals surface area contributed by atoms with Crippen LogP contribution in [0.5, 0.6) is 0 Å². The number of nitrogens with zero attached hydrogens (tertiary/aromatic N) is 1. The number of rotatable bonds is 7. The molecule has 16 heavy (non-hydrogen) atoms. The molecule has 0 saturated carbocycles. The molecule has 0 aliphatic carbocycles. The molecule has 0 radical (unpaired) electrons. The fraction of sp³-hybridized carbons (Fsp3) is 0.667. The van der Waals surface area contributed by atoms with Gasteiger partial charge in [0.05, 0.1) is 0 Å². The van der Waals surface area contributed by atoms with Crippen molar-refractivity contribution in [1.82, 2.24) is 0 Å². The maximum Gasteiger partial charge on any atom is 0.0431 e. The molecule has 0 spiro atoms. The number of allylic oxidation sites excluding steroid dienone is 3. The Balaban J connectivity index is 5.08. The highest BCUT2D eigenvalue weighted by molar-refractivity contribution is 5.97. The van der Waals surface area contributed by atoms with Crippen LogP contribution < -0.4 is 0 Å². The second kappa shape index (κ2) is 8.32. The van der Waals surface area contributed by atoms with E-state index in [2.05, 4.69) is 41.2 Å². The van der Waals surface area contributed by atoms with Crippen LogP contribution in [0.25, 0.3) is 0 Å². The maximum absolute atomic E-state index is 4.76. The molecule has 0 aromatic heterocycles. The van der Waals surface area contributed by atoms with E-state index in [1.165, 1.54) is 11.3 Å². The molecule has 0 aromatic carbocycles. The summed E-state index contributed by atoms with van der Waals surface area (Å²) in [6.45, 7) is 14.8. The van der Waals surface area contributed by atoms with Crippen LogP contribution in [0.1, 0.15) is 60.3 Å². The van der Waals surface area contributed by atoms with Crippen LogP contribution in [0.4, 0.5) is 0 Å². The number of aliphatic imine (C=N–C) groups is 1. The third-order valence-corrected chi connectivity index (χ3v) is 3.28. The van der Waals surface area contributed by atoms with Crippen LogP contribution in [0.3, 0.4) is 0 Å². The van der Waals surface area contributed by atoms with Gasteiger partial charge in [-0.2, -0.15) is 0 Å². The second-order valence-corrected chi connectivity index (χ2v) is 4.15. The Morgan fingerprint density at radius 2 is 1.62 bits per heavy atom. The van der Waals surface area contributed by atoms with Gasteiger partial charge in [-0.05, 0) is 44.3 Å². The van der Waals surface area contributed by atoms with Crippen LogP contribution in [-0.4, -0.2) is 5.71 Å². The van der Waals surface area contributed by atoms with Crippen molar-refractivity contribution in [1.29, 1.82) is 0 Å². The molecule has 0 aliphatic heterocycles. The summed E-state index contributed by atoms with van der Waals surface area (Å²) in [5.74, 6) is 0.558. The largest absolute Gasteiger partial charge is 0.258 e. The lowest BCUT2D eigenvalue weighted by molar-refractivity contribution is 0.644. The van der Waals surface area contributed by atoms with Crippen LogP contribution in [-0.2, 0) is 0 Å². The van der Waals surface area contributed by atoms with E-state index in [1.807, 2.05) is 6.08 Å². The Morgan fingerprint density at radius 1 is 1.12 bits per heavy atom. The quantitative estimate of drug-likeness (QED) is 0.528. The average molecular weight is 221 g/mol. The average Bonchev–Trinajstić information content (AvgIpc) is 2.30. The van der Waals surface area contributed by atoms with Crippen molar-refractivity contribution in [3.05, 3.63) is 23.9 Å². The summed E-state index contributed by atoms with van der Waals surface area (Å²) in [5, 5.41) is 0. The molecule has 0 heterocycles. The van der Waals surface area contributed by atoms with Crippen molar-refractivity contribution in [3.8, 4) is 0 Å². The highest BCUT2D eigenvalue weighted by Gasteiger charge is 2.09. The molecule has 0 N–H and O–H groups in total. The molecule has 0 saturated heterocycles. The van der Waals surface area contributed by atoms with Crippen LogP contribution >= 0.6 is 0 Å². The van der Waals surface area contributed by atoms with Crippen molar-refractivity contribution < 1.29 is 0 Å². The van der Waals surface area contributed by atoms with Gasteiger partial charge in [0.1, 0.15) is 0 Å². The van der Waals surface area contributed by atoms with Crippen molar-refractivity contribution in [2.45, 2.75) is 60.3 Å². The summed E-state index contributed by atoms with van der Waals surface area (Å²) in [7, 11) is 0. The van der Waals surface area contributed by atoms with Gasteiger partial charge in [-0.15, -0.1) is 0 Å². The van der Waals surface area contributed by atoms with E-state index in [9.17, 15) is 0 Å². The molecule has 0 amide bonds. The van der Waals surface area contributed by atoms with Gasteiger partial charge in [-0.1, -0.05) is 34.3 Å². The van der Waals surface area contributed by atoms with Gasteiger partial charge < -0.3 is 0 Å². The predicted octanol–water partition coefficient (Wildman–Crippen LogP) is 5.14. The van der Waals surface area contributed by atoms with Gasteiger partial charge in [-0.25, -0.2) is 0 Å². The molecule has 1 nitrogen and oxygen atoms in total. The normalized spacial score (nSPS) is 11.8. The first-order chi connectivity index (χ1) is 7.64. The summed E-state index contributed by atoms with van der Waals surface area (Å²) in [5.41, 5.74) is 3.79. The van der Waals surface area contributed by atoms with E-state index in [1.54, 1.807) is 0 Å². The Kier molecular flexibility index (Phi) is 7.88. The molecule has 0 atom stereocenters. The Hall–Kier alpha value is -0.850. The first-order valence-corrected chi connectivity index (χ1v) is 6.53. The zero-order valence-corrected chi connectivity index (χ0v) is 11.6. The Morgan fingerprint density at radius 3 is 1.94 bits per heavy atom. The lowest BCUT2D eigenvalue weighted by atomic mass is 9.97. The summed E-state index contributed by atoms with van der Waals surface area (Å²) in [6.07, 6.45) is 6.40. The molecule has 0 rings (SSSR count). The van der Waals surface area contributed by atoms with Gasteiger partial charge in [0.25, 0.3) is 0 Å². The Bertz CT molecular complexity index is 261. The lowest BCUT2D eigenvalue weighted by Gasteiger charge is -2.13. The van der Waals surface area contributed by atoms with E-state index in [0.717, 1.165) is 31.4 Å². The first-order valence-electron chi connectivity index (χ1n) is 6.53. The standard InChI is InChI=1S/C15H27N/c1-7-13(8-2)12(6)16-15(11-5)14(9-3)10-4/h11,14H,5,7-10H2,1-4,6H3/b16-15+. The van der Waals surface area contributed by atoms with Crippen LogP contribution in [0.2, 0.25) is 0 Å². The molecule has 0 aliphatic rings. The number of hydrogen-bond donors (Lipinski definition) is 0. The minimum atomic E-state index is 0.558. The summed E-state index contributed by atoms with van der Waals surface area (Å²) < 4.78 is 0. The topological polar surface area (TPSA) is 12.4 Å². The molecule has 0 unspecified atom stereocenters. The zero-order chi connectivity index (χ0) is 12.6. The van der Waals surface area contributed by atoms with Crippen molar-refractivity contribution in [2.24, 2.45) is 10.9 Å². The minimum Gasteiger partial charge on any atom is -0.258 e. The smallest absolute Gasteiger partial charge is 0.0431 e. The fourth-order valence-corrected chi connectivity index (χ4v) is 2.04. The maximum atomic E-state index is 4.76. The van der Waals surface area contributed by atoms with Gasteiger partial charge in [0.15, 0.2) is 0 Å². The van der Waals surface area contributed by atoms with Crippen molar-refractivity contribution in [2.75, 3.05) is 0 Å². The molecule has 0 aromatic rings. The highest BCUT2D eigenvalue weighted by Crippen LogP contribution is 2.17. The molecule has 0 fully saturated rings. The van der Waals surface area contributed by atoms with Gasteiger partial charge in [-0.3, -0.25) is 4.99 Å². The van der Waals surface area contributed by atoms with Gasteiger partial charge in [0.2, 0.25) is 0 Å².